The third-order valence-electron chi connectivity index (χ3n) is 7.24. The SMILES string of the molecule is Nc1ncnc2c1ncn2[C@@H]1O[C@H](COP(=O)(O)OP(=O)([O-])OC[C@H]2O[C@@H]([NH+]3C=CC=C(C(=O)O)C3)[C@@H](O)[C@@H]2O)[C@@H](OP(=O)(O)O)[C@@H]1O. The van der Waals surface area contributed by atoms with Crippen LogP contribution in [-0.2, 0) is 45.8 Å². The predicted molar refractivity (Wildman–Crippen MR) is 148 cm³/mol. The highest BCUT2D eigenvalue weighted by atomic mass is 31.3. The van der Waals surface area contributed by atoms with Gasteiger partial charge in [-0.3, -0.25) is 23.1 Å². The fraction of sp³-hybridized carbons (Fsp3) is 0.524. The first-order valence-corrected chi connectivity index (χ1v) is 18.0. The van der Waals surface area contributed by atoms with Gasteiger partial charge < -0.3 is 59.7 Å². The molecule has 3 aliphatic rings. The number of rotatable bonds is 13. The second-order valence-corrected chi connectivity index (χ2v) is 14.7. The fourth-order valence-electron chi connectivity index (χ4n) is 5.10. The van der Waals surface area contributed by atoms with Crippen molar-refractivity contribution in [2.75, 3.05) is 25.5 Å². The molecule has 11 atom stereocenters. The molecule has 2 aromatic heterocycles. The summed E-state index contributed by atoms with van der Waals surface area (Å²) in [5.41, 5.74) is 5.81. The third-order valence-corrected chi connectivity index (χ3v) is 10.3. The maximum absolute atomic E-state index is 12.6. The second kappa shape index (κ2) is 14.0. The molecule has 24 nitrogen and oxygen atoms in total. The van der Waals surface area contributed by atoms with Gasteiger partial charge in [-0.2, -0.15) is 0 Å². The van der Waals surface area contributed by atoms with Gasteiger partial charge in [0.1, 0.15) is 48.9 Å². The van der Waals surface area contributed by atoms with Crippen LogP contribution >= 0.6 is 23.5 Å². The van der Waals surface area contributed by atoms with Crippen molar-refractivity contribution >= 4 is 46.4 Å². The van der Waals surface area contributed by atoms with Crippen molar-refractivity contribution in [2.24, 2.45) is 0 Å². The summed E-state index contributed by atoms with van der Waals surface area (Å²) in [7, 11) is -16.7. The quantitative estimate of drug-likeness (QED) is 0.0874. The van der Waals surface area contributed by atoms with E-state index in [9.17, 15) is 58.5 Å². The average Bonchev–Trinajstić information content (AvgIpc) is 3.64. The zero-order valence-electron chi connectivity index (χ0n) is 24.0. The predicted octanol–water partition coefficient (Wildman–Crippen LogP) is -4.37. The number of fused-ring (bicyclic) bond motifs is 1. The molecule has 0 saturated carbocycles. The van der Waals surface area contributed by atoms with E-state index >= 15 is 0 Å². The number of ether oxygens (including phenoxy) is 2. The molecule has 266 valence electrons. The summed E-state index contributed by atoms with van der Waals surface area (Å²) < 4.78 is 66.7. The number of quaternary nitrogens is 1. The standard InChI is InChI=1S/C21H29N6O18P3/c22-17-12-18(24-7-23-17)27(8-25-12)20-15(30)16(44-46(33,34)35)11(43-20)6-41-48(38,39)45-47(36,37)40-5-10-13(28)14(29)19(42-10)26-3-1-2-9(4-26)21(31)32/h1-3,7-8,10-11,13-16,19-20,28-30H,4-6H2,(H,31,32)(H,36,37)(H,38,39)(H2,22,23,24)(H2,33,34,35)/t10-,11-,13-,14+,15+,16-,19-,20-/m1/s1. The summed E-state index contributed by atoms with van der Waals surface area (Å²) in [6.45, 7) is -2.32. The van der Waals surface area contributed by atoms with Gasteiger partial charge in [0.15, 0.2) is 23.8 Å². The first-order valence-electron chi connectivity index (χ1n) is 13.5. The number of aliphatic hydroxyl groups is 3. The van der Waals surface area contributed by atoms with E-state index in [0.29, 0.717) is 0 Å². The Kier molecular flexibility index (Phi) is 10.7. The normalized spacial score (nSPS) is 33.4. The van der Waals surface area contributed by atoms with Gasteiger partial charge in [-0.25, -0.2) is 33.2 Å². The number of carboxylic acids is 1. The van der Waals surface area contributed by atoms with E-state index in [2.05, 4.69) is 32.8 Å². The maximum Gasteiger partial charge on any atom is 0.478 e. The monoisotopic (exact) mass is 746 g/mol. The van der Waals surface area contributed by atoms with E-state index in [1.807, 2.05) is 0 Å². The molecule has 3 unspecified atom stereocenters. The van der Waals surface area contributed by atoms with Crippen molar-refractivity contribution in [1.29, 1.82) is 0 Å². The zero-order chi connectivity index (χ0) is 35.2. The topological polar surface area (TPSA) is 362 Å². The number of phosphoric acid groups is 3. The van der Waals surface area contributed by atoms with Crippen LogP contribution in [0.15, 0.2) is 36.6 Å². The number of anilines is 1. The Morgan fingerprint density at radius 1 is 1.04 bits per heavy atom. The average molecular weight is 746 g/mol. The number of carboxylic acid groups (broad SMARTS) is 1. The number of aliphatic carboxylic acids is 1. The van der Waals surface area contributed by atoms with Gasteiger partial charge in [0.25, 0.3) is 7.82 Å². The van der Waals surface area contributed by atoms with Gasteiger partial charge >= 0.3 is 21.6 Å². The van der Waals surface area contributed by atoms with Gasteiger partial charge in [0.05, 0.1) is 31.3 Å². The first-order chi connectivity index (χ1) is 22.4. The molecule has 0 bridgehead atoms. The number of nitrogens with two attached hydrogens (primary N) is 1. The van der Waals surface area contributed by atoms with Crippen molar-refractivity contribution in [1.82, 2.24) is 19.5 Å². The van der Waals surface area contributed by atoms with Gasteiger partial charge in [0, 0.05) is 0 Å². The molecule has 0 aliphatic carbocycles. The number of aromatic nitrogens is 4. The highest BCUT2D eigenvalue weighted by Crippen LogP contribution is 2.58. The zero-order valence-corrected chi connectivity index (χ0v) is 26.6. The number of carbonyl (C=O) groups is 1. The molecule has 2 fully saturated rings. The van der Waals surface area contributed by atoms with E-state index < -0.39 is 91.7 Å². The Hall–Kier alpha value is -2.57. The lowest BCUT2D eigenvalue weighted by Crippen LogP contribution is -3.13. The van der Waals surface area contributed by atoms with Crippen LogP contribution in [0, 0.1) is 0 Å². The molecule has 0 spiro atoms. The number of aliphatic hydroxyl groups excluding tert-OH is 3. The number of nitrogens with one attached hydrogen (secondary N) is 1. The van der Waals surface area contributed by atoms with Crippen LogP contribution in [0.1, 0.15) is 6.23 Å². The van der Waals surface area contributed by atoms with Crippen molar-refractivity contribution in [3.63, 3.8) is 0 Å². The molecule has 10 N–H and O–H groups in total. The summed E-state index contributed by atoms with van der Waals surface area (Å²) in [6, 6.07) is 0. The van der Waals surface area contributed by atoms with Crippen molar-refractivity contribution < 1.29 is 90.7 Å². The molecule has 2 aromatic rings. The number of nitrogens with zero attached hydrogens (tertiary/aromatic N) is 4. The third kappa shape index (κ3) is 8.24. The van der Waals surface area contributed by atoms with Gasteiger partial charge in [0.2, 0.25) is 6.23 Å². The lowest BCUT2D eigenvalue weighted by atomic mass is 10.1. The smallest absolute Gasteiger partial charge is 0.478 e. The molecular formula is C21H29N6O18P3. The first kappa shape index (κ1) is 36.7. The highest BCUT2D eigenvalue weighted by molar-refractivity contribution is 7.60. The van der Waals surface area contributed by atoms with Gasteiger partial charge in [-0.15, -0.1) is 0 Å². The van der Waals surface area contributed by atoms with Crippen LogP contribution < -0.4 is 15.5 Å². The molecule has 0 radical (unpaired) electrons. The van der Waals surface area contributed by atoms with Crippen LogP contribution in [0.4, 0.5) is 5.82 Å². The Morgan fingerprint density at radius 2 is 1.75 bits per heavy atom. The lowest BCUT2D eigenvalue weighted by Gasteiger charge is -2.27. The number of hydrogen-bond acceptors (Lipinski definition) is 18. The molecule has 0 aromatic carbocycles. The van der Waals surface area contributed by atoms with E-state index in [0.717, 1.165) is 17.2 Å². The molecule has 5 rings (SSSR count). The highest BCUT2D eigenvalue weighted by Gasteiger charge is 2.51. The summed E-state index contributed by atoms with van der Waals surface area (Å²) in [5, 5.41) is 40.8. The minimum absolute atomic E-state index is 0.0227. The molecule has 48 heavy (non-hydrogen) atoms. The lowest BCUT2D eigenvalue weighted by molar-refractivity contribution is -0.898. The van der Waals surface area contributed by atoms with Gasteiger partial charge in [-0.05, 0) is 12.2 Å². The van der Waals surface area contributed by atoms with E-state index in [1.54, 1.807) is 0 Å². The molecule has 5 heterocycles. The van der Waals surface area contributed by atoms with Crippen LogP contribution in [0.2, 0.25) is 0 Å². The summed E-state index contributed by atoms with van der Waals surface area (Å²) in [6.07, 6.45) is -6.89. The summed E-state index contributed by atoms with van der Waals surface area (Å²) in [4.78, 5) is 64.5. The Balaban J connectivity index is 1.20. The largest absolute Gasteiger partial charge is 0.756 e. The van der Waals surface area contributed by atoms with Crippen molar-refractivity contribution in [3.05, 3.63) is 36.6 Å². The summed E-state index contributed by atoms with van der Waals surface area (Å²) >= 11 is 0. The minimum atomic E-state index is -5.75. The van der Waals surface area contributed by atoms with Crippen molar-refractivity contribution in [3.8, 4) is 0 Å². The maximum atomic E-state index is 12.6. The summed E-state index contributed by atoms with van der Waals surface area (Å²) in [5.74, 6) is -1.27. The van der Waals surface area contributed by atoms with E-state index in [1.165, 1.54) is 18.4 Å². The number of phosphoric ester groups is 3. The van der Waals surface area contributed by atoms with Crippen LogP contribution in [0.5, 0.6) is 0 Å². The fourth-order valence-corrected chi connectivity index (χ4v) is 7.73. The van der Waals surface area contributed by atoms with Crippen LogP contribution in [0.3, 0.4) is 0 Å². The van der Waals surface area contributed by atoms with Crippen LogP contribution in [0.25, 0.3) is 11.2 Å². The Bertz CT molecular complexity index is 1730. The number of allylic oxidation sites excluding steroid dienone is 2. The van der Waals surface area contributed by atoms with Crippen LogP contribution in [-0.4, -0.2) is 123 Å². The van der Waals surface area contributed by atoms with E-state index in [4.69, 9.17) is 15.2 Å². The second-order valence-electron chi connectivity index (χ2n) is 10.5. The van der Waals surface area contributed by atoms with E-state index in [-0.39, 0.29) is 34.0 Å². The molecular weight excluding hydrogens is 717 g/mol. The molecule has 27 heteroatoms. The number of nitrogen functional groups attached to an aromatic ring is 1. The van der Waals surface area contributed by atoms with Crippen molar-refractivity contribution in [2.45, 2.75) is 49.1 Å². The number of imidazole rings is 1. The Labute approximate surface area is 268 Å². The Morgan fingerprint density at radius 3 is 2.44 bits per heavy atom. The number of hydrogen-bond donors (Lipinski definition) is 9. The minimum Gasteiger partial charge on any atom is -0.756 e. The van der Waals surface area contributed by atoms with Gasteiger partial charge in [-0.1, -0.05) is 0 Å². The molecule has 0 amide bonds. The molecule has 2 saturated heterocycles. The molecule has 3 aliphatic heterocycles.